The molecule has 0 unspecified atom stereocenters. The van der Waals surface area contributed by atoms with Gasteiger partial charge in [0.2, 0.25) is 5.76 Å². The van der Waals surface area contributed by atoms with E-state index in [-0.39, 0.29) is 17.0 Å². The van der Waals surface area contributed by atoms with Crippen LogP contribution in [0.3, 0.4) is 0 Å². The standard InChI is InChI=1S/C21H16F6N4O2/c1-10-17(33-19(30-10)21(25,26)27)18(32)31-14-4-2-3-12-9-29-15(8-13(12)14)11-5-6-28-16(7-11)20(22,23)24/h5-9,14H,2-4H2,1H3,(H,31,32)/t14-/m1/s1. The maximum absolute atomic E-state index is 13.0. The summed E-state index contributed by atoms with van der Waals surface area (Å²) in [6.45, 7) is 1.23. The molecule has 0 fully saturated rings. The monoisotopic (exact) mass is 470 g/mol. The van der Waals surface area contributed by atoms with E-state index in [0.29, 0.717) is 24.8 Å². The Morgan fingerprint density at radius 2 is 1.88 bits per heavy atom. The van der Waals surface area contributed by atoms with Crippen molar-refractivity contribution in [1.82, 2.24) is 20.3 Å². The van der Waals surface area contributed by atoms with E-state index < -0.39 is 41.6 Å². The smallest absolute Gasteiger partial charge is 0.427 e. The number of pyridine rings is 2. The van der Waals surface area contributed by atoms with E-state index in [0.717, 1.165) is 17.8 Å². The van der Waals surface area contributed by atoms with Crippen molar-refractivity contribution in [1.29, 1.82) is 0 Å². The lowest BCUT2D eigenvalue weighted by atomic mass is 9.88. The summed E-state index contributed by atoms with van der Waals surface area (Å²) in [5.41, 5.74) is 0.576. The number of nitrogens with zero attached hydrogens (tertiary/aromatic N) is 3. The van der Waals surface area contributed by atoms with Crippen molar-refractivity contribution >= 4 is 5.91 Å². The van der Waals surface area contributed by atoms with Crippen LogP contribution in [0.25, 0.3) is 11.3 Å². The van der Waals surface area contributed by atoms with Gasteiger partial charge in [-0.15, -0.1) is 0 Å². The van der Waals surface area contributed by atoms with Crippen molar-refractivity contribution in [3.8, 4) is 11.3 Å². The first kappa shape index (κ1) is 22.7. The zero-order valence-corrected chi connectivity index (χ0v) is 17.0. The Hall–Kier alpha value is -3.44. The largest absolute Gasteiger partial charge is 0.468 e. The predicted octanol–water partition coefficient (Wildman–Crippen LogP) is 5.29. The normalized spacial score (nSPS) is 16.4. The number of hydrogen-bond acceptors (Lipinski definition) is 5. The second kappa shape index (κ2) is 8.16. The van der Waals surface area contributed by atoms with E-state index >= 15 is 0 Å². The molecule has 0 saturated carbocycles. The Labute approximate surface area is 183 Å². The van der Waals surface area contributed by atoms with Crippen LogP contribution in [0.2, 0.25) is 0 Å². The van der Waals surface area contributed by atoms with Crippen molar-refractivity contribution in [2.24, 2.45) is 0 Å². The van der Waals surface area contributed by atoms with Gasteiger partial charge in [-0.05, 0) is 55.5 Å². The number of aryl methyl sites for hydroxylation is 2. The van der Waals surface area contributed by atoms with Crippen molar-refractivity contribution in [2.45, 2.75) is 44.6 Å². The molecule has 3 aromatic heterocycles. The maximum atomic E-state index is 13.0. The average molecular weight is 470 g/mol. The molecule has 1 N–H and O–H groups in total. The molecule has 3 heterocycles. The van der Waals surface area contributed by atoms with Crippen LogP contribution in [-0.2, 0) is 18.8 Å². The quantitative estimate of drug-likeness (QED) is 0.527. The van der Waals surface area contributed by atoms with E-state index in [1.807, 2.05) is 0 Å². The van der Waals surface area contributed by atoms with Crippen molar-refractivity contribution in [3.63, 3.8) is 0 Å². The van der Waals surface area contributed by atoms with Crippen LogP contribution in [0.4, 0.5) is 26.3 Å². The second-order valence-electron chi connectivity index (χ2n) is 7.55. The van der Waals surface area contributed by atoms with Gasteiger partial charge in [0.25, 0.3) is 5.91 Å². The van der Waals surface area contributed by atoms with Crippen molar-refractivity contribution in [2.75, 3.05) is 0 Å². The Balaban J connectivity index is 1.63. The van der Waals surface area contributed by atoms with Gasteiger partial charge in [-0.2, -0.15) is 26.3 Å². The van der Waals surface area contributed by atoms with Gasteiger partial charge < -0.3 is 9.73 Å². The third-order valence-electron chi connectivity index (χ3n) is 5.23. The highest BCUT2D eigenvalue weighted by molar-refractivity contribution is 5.92. The predicted molar refractivity (Wildman–Crippen MR) is 102 cm³/mol. The van der Waals surface area contributed by atoms with Crippen LogP contribution < -0.4 is 5.32 Å². The number of amides is 1. The lowest BCUT2D eigenvalue weighted by Gasteiger charge is -2.26. The fraction of sp³-hybridized carbons (Fsp3) is 0.333. The number of rotatable bonds is 3. The minimum absolute atomic E-state index is 0.191. The van der Waals surface area contributed by atoms with Crippen LogP contribution in [-0.4, -0.2) is 20.9 Å². The molecule has 0 spiro atoms. The lowest BCUT2D eigenvalue weighted by Crippen LogP contribution is -2.31. The first-order valence-corrected chi connectivity index (χ1v) is 9.81. The Bertz CT molecular complexity index is 1200. The molecular formula is C21H16F6N4O2. The van der Waals surface area contributed by atoms with Gasteiger partial charge in [0.15, 0.2) is 0 Å². The number of alkyl halides is 6. The molecule has 33 heavy (non-hydrogen) atoms. The van der Waals surface area contributed by atoms with E-state index in [9.17, 15) is 31.1 Å². The summed E-state index contributed by atoms with van der Waals surface area (Å²) in [5.74, 6) is -2.93. The fourth-order valence-corrected chi connectivity index (χ4v) is 3.69. The number of fused-ring (bicyclic) bond motifs is 1. The first-order chi connectivity index (χ1) is 15.4. The van der Waals surface area contributed by atoms with Crippen LogP contribution in [0.1, 0.15) is 57.8 Å². The van der Waals surface area contributed by atoms with E-state index in [2.05, 4.69) is 24.7 Å². The molecule has 12 heteroatoms. The van der Waals surface area contributed by atoms with Gasteiger partial charge in [-0.1, -0.05) is 0 Å². The summed E-state index contributed by atoms with van der Waals surface area (Å²) in [6.07, 6.45) is -5.10. The number of oxazole rings is 1. The molecule has 0 aliphatic heterocycles. The molecule has 0 aromatic carbocycles. The molecule has 0 bridgehead atoms. The zero-order chi connectivity index (χ0) is 24.0. The van der Waals surface area contributed by atoms with Gasteiger partial charge in [0, 0.05) is 18.0 Å². The van der Waals surface area contributed by atoms with Gasteiger partial charge in [-0.3, -0.25) is 14.8 Å². The summed E-state index contributed by atoms with van der Waals surface area (Å²) in [6, 6.07) is 3.24. The summed E-state index contributed by atoms with van der Waals surface area (Å²) in [4.78, 5) is 23.5. The number of aromatic nitrogens is 3. The summed E-state index contributed by atoms with van der Waals surface area (Å²) in [7, 11) is 0. The summed E-state index contributed by atoms with van der Waals surface area (Å²) >= 11 is 0. The number of nitrogens with one attached hydrogen (secondary N) is 1. The highest BCUT2D eigenvalue weighted by Gasteiger charge is 2.39. The third kappa shape index (κ3) is 4.69. The molecule has 0 saturated heterocycles. The number of hydrogen-bond donors (Lipinski definition) is 1. The van der Waals surface area contributed by atoms with Gasteiger partial charge in [0.05, 0.1) is 17.4 Å². The molecule has 4 rings (SSSR count). The molecule has 174 valence electrons. The van der Waals surface area contributed by atoms with E-state index in [4.69, 9.17) is 0 Å². The molecule has 1 aliphatic carbocycles. The van der Waals surface area contributed by atoms with Crippen molar-refractivity contribution < 1.29 is 35.6 Å². The second-order valence-corrected chi connectivity index (χ2v) is 7.55. The summed E-state index contributed by atoms with van der Waals surface area (Å²) in [5, 5.41) is 2.65. The topological polar surface area (TPSA) is 80.9 Å². The molecule has 0 radical (unpaired) electrons. The Kier molecular flexibility index (Phi) is 5.62. The average Bonchev–Trinajstić information content (AvgIpc) is 3.15. The van der Waals surface area contributed by atoms with Crippen LogP contribution in [0.5, 0.6) is 0 Å². The third-order valence-corrected chi connectivity index (χ3v) is 5.23. The molecule has 6 nitrogen and oxygen atoms in total. The number of carbonyl (C=O) groups excluding carboxylic acids is 1. The highest BCUT2D eigenvalue weighted by Crippen LogP contribution is 2.35. The van der Waals surface area contributed by atoms with Gasteiger partial charge in [-0.25, -0.2) is 4.98 Å². The molecule has 3 aromatic rings. The molecular weight excluding hydrogens is 454 g/mol. The minimum atomic E-state index is -4.83. The Morgan fingerprint density at radius 1 is 1.12 bits per heavy atom. The summed E-state index contributed by atoms with van der Waals surface area (Å²) < 4.78 is 82.2. The van der Waals surface area contributed by atoms with E-state index in [1.54, 1.807) is 6.07 Å². The number of halogens is 6. The zero-order valence-electron chi connectivity index (χ0n) is 17.0. The van der Waals surface area contributed by atoms with Crippen LogP contribution in [0, 0.1) is 6.92 Å². The maximum Gasteiger partial charge on any atom is 0.468 e. The van der Waals surface area contributed by atoms with Gasteiger partial charge in [0.1, 0.15) is 5.69 Å². The Morgan fingerprint density at radius 3 is 2.55 bits per heavy atom. The SMILES string of the molecule is Cc1nc(C(F)(F)F)oc1C(=O)N[C@@H]1CCCc2cnc(-c3ccnc(C(F)(F)F)c3)cc21. The molecule has 1 atom stereocenters. The van der Waals surface area contributed by atoms with Crippen LogP contribution >= 0.6 is 0 Å². The molecule has 1 aliphatic rings. The van der Waals surface area contributed by atoms with E-state index in [1.165, 1.54) is 19.2 Å². The fourth-order valence-electron chi connectivity index (χ4n) is 3.69. The highest BCUT2D eigenvalue weighted by atomic mass is 19.4. The minimum Gasteiger partial charge on any atom is -0.427 e. The van der Waals surface area contributed by atoms with Crippen LogP contribution in [0.15, 0.2) is 35.0 Å². The molecule has 1 amide bonds. The van der Waals surface area contributed by atoms with Gasteiger partial charge >= 0.3 is 18.2 Å². The van der Waals surface area contributed by atoms with Crippen molar-refractivity contribution in [3.05, 3.63) is 64.8 Å². The number of carbonyl (C=O) groups is 1. The lowest BCUT2D eigenvalue weighted by molar-refractivity contribution is -0.157. The first-order valence-electron chi connectivity index (χ1n) is 9.81.